The van der Waals surface area contributed by atoms with E-state index < -0.39 is 0 Å². The highest BCUT2D eigenvalue weighted by molar-refractivity contribution is 7.99. The van der Waals surface area contributed by atoms with Gasteiger partial charge in [-0.3, -0.25) is 0 Å². The summed E-state index contributed by atoms with van der Waals surface area (Å²) in [6.45, 7) is 4.14. The van der Waals surface area contributed by atoms with E-state index in [4.69, 9.17) is 5.73 Å². The molecule has 2 aromatic rings. The molecule has 0 atom stereocenters. The Labute approximate surface area is 110 Å². The Morgan fingerprint density at radius 3 is 2.44 bits per heavy atom. The molecule has 94 valence electrons. The summed E-state index contributed by atoms with van der Waals surface area (Å²) >= 11 is 1.41. The largest absolute Gasteiger partial charge is 0.326 e. The van der Waals surface area contributed by atoms with Crippen molar-refractivity contribution in [2.75, 3.05) is 0 Å². The highest BCUT2D eigenvalue weighted by Crippen LogP contribution is 2.28. The molecule has 0 spiro atoms. The minimum atomic E-state index is -0.277. The predicted octanol–water partition coefficient (Wildman–Crippen LogP) is 2.84. The van der Waals surface area contributed by atoms with E-state index >= 15 is 0 Å². The van der Waals surface area contributed by atoms with Crippen LogP contribution in [-0.4, -0.2) is 9.97 Å². The zero-order chi connectivity index (χ0) is 13.1. The minimum absolute atomic E-state index is 0.277. The van der Waals surface area contributed by atoms with Gasteiger partial charge in [0.1, 0.15) is 5.82 Å². The maximum absolute atomic E-state index is 13.1. The van der Waals surface area contributed by atoms with Crippen LogP contribution in [0.1, 0.15) is 17.0 Å². The van der Waals surface area contributed by atoms with Crippen molar-refractivity contribution in [3.05, 3.63) is 47.0 Å². The molecule has 1 aromatic carbocycles. The molecule has 0 aliphatic heterocycles. The number of nitrogens with two attached hydrogens (primary N) is 1. The topological polar surface area (TPSA) is 51.8 Å². The zero-order valence-electron chi connectivity index (χ0n) is 10.3. The Morgan fingerprint density at radius 2 is 1.83 bits per heavy atom. The van der Waals surface area contributed by atoms with Crippen molar-refractivity contribution < 1.29 is 4.39 Å². The molecule has 0 fully saturated rings. The normalized spacial score (nSPS) is 10.7. The number of hydrogen-bond acceptors (Lipinski definition) is 4. The molecule has 1 heterocycles. The van der Waals surface area contributed by atoms with Crippen molar-refractivity contribution in [1.82, 2.24) is 9.97 Å². The summed E-state index contributed by atoms with van der Waals surface area (Å²) < 4.78 is 13.1. The summed E-state index contributed by atoms with van der Waals surface area (Å²) in [6.07, 6.45) is 0. The zero-order valence-corrected chi connectivity index (χ0v) is 11.1. The Kier molecular flexibility index (Phi) is 3.93. The number of aromatic nitrogens is 2. The number of hydrogen-bond donors (Lipinski definition) is 1. The Balaban J connectivity index is 2.33. The lowest BCUT2D eigenvalue weighted by Crippen LogP contribution is -2.00. The van der Waals surface area contributed by atoms with E-state index in [2.05, 4.69) is 9.97 Å². The van der Waals surface area contributed by atoms with Gasteiger partial charge in [0.2, 0.25) is 0 Å². The molecule has 2 rings (SSSR count). The first kappa shape index (κ1) is 13.0. The van der Waals surface area contributed by atoms with Crippen LogP contribution in [0.3, 0.4) is 0 Å². The van der Waals surface area contributed by atoms with Gasteiger partial charge in [-0.15, -0.1) is 0 Å². The lowest BCUT2D eigenvalue weighted by atomic mass is 10.2. The van der Waals surface area contributed by atoms with Gasteiger partial charge in [0, 0.05) is 22.8 Å². The lowest BCUT2D eigenvalue weighted by molar-refractivity contribution is 0.623. The number of benzene rings is 1. The van der Waals surface area contributed by atoms with Crippen LogP contribution in [-0.2, 0) is 6.54 Å². The Morgan fingerprint density at radius 1 is 1.17 bits per heavy atom. The molecule has 0 saturated heterocycles. The number of rotatable bonds is 3. The van der Waals surface area contributed by atoms with Crippen molar-refractivity contribution in [3.63, 3.8) is 0 Å². The molecule has 5 heteroatoms. The van der Waals surface area contributed by atoms with Gasteiger partial charge in [0.25, 0.3) is 0 Å². The van der Waals surface area contributed by atoms with E-state index in [1.807, 2.05) is 19.9 Å². The number of halogens is 1. The van der Waals surface area contributed by atoms with Crippen molar-refractivity contribution in [2.24, 2.45) is 5.73 Å². The SMILES string of the molecule is Cc1cc(C)nc(Sc2ccc(F)cc2CN)n1. The van der Waals surface area contributed by atoms with Crippen LogP contribution in [0, 0.1) is 19.7 Å². The first-order chi connectivity index (χ1) is 8.58. The smallest absolute Gasteiger partial charge is 0.192 e. The lowest BCUT2D eigenvalue weighted by Gasteiger charge is -2.07. The van der Waals surface area contributed by atoms with Gasteiger partial charge in [0.15, 0.2) is 5.16 Å². The van der Waals surface area contributed by atoms with E-state index in [0.29, 0.717) is 11.7 Å². The molecule has 3 nitrogen and oxygen atoms in total. The van der Waals surface area contributed by atoms with Gasteiger partial charge in [-0.2, -0.15) is 0 Å². The third kappa shape index (κ3) is 3.05. The maximum Gasteiger partial charge on any atom is 0.192 e. The highest BCUT2D eigenvalue weighted by Gasteiger charge is 2.07. The van der Waals surface area contributed by atoms with E-state index in [1.54, 1.807) is 6.07 Å². The van der Waals surface area contributed by atoms with Gasteiger partial charge in [0.05, 0.1) is 0 Å². The fourth-order valence-electron chi connectivity index (χ4n) is 1.64. The average molecular weight is 263 g/mol. The molecule has 2 N–H and O–H groups in total. The second-order valence-electron chi connectivity index (χ2n) is 3.99. The second-order valence-corrected chi connectivity index (χ2v) is 5.00. The van der Waals surface area contributed by atoms with E-state index in [0.717, 1.165) is 21.8 Å². The summed E-state index contributed by atoms with van der Waals surface area (Å²) in [5.74, 6) is -0.277. The molecule has 0 radical (unpaired) electrons. The maximum atomic E-state index is 13.1. The van der Waals surface area contributed by atoms with Crippen molar-refractivity contribution in [2.45, 2.75) is 30.4 Å². The Bertz CT molecular complexity index is 552. The summed E-state index contributed by atoms with van der Waals surface area (Å²) in [6, 6.07) is 6.50. The van der Waals surface area contributed by atoms with Crippen LogP contribution < -0.4 is 5.73 Å². The molecule has 0 bridgehead atoms. The van der Waals surface area contributed by atoms with Crippen molar-refractivity contribution in [3.8, 4) is 0 Å². The third-order valence-corrected chi connectivity index (χ3v) is 3.39. The fraction of sp³-hybridized carbons (Fsp3) is 0.231. The molecule has 18 heavy (non-hydrogen) atoms. The number of nitrogens with zero attached hydrogens (tertiary/aromatic N) is 2. The quantitative estimate of drug-likeness (QED) is 0.865. The van der Waals surface area contributed by atoms with Crippen molar-refractivity contribution >= 4 is 11.8 Å². The van der Waals surface area contributed by atoms with Crippen LogP contribution in [0.15, 0.2) is 34.3 Å². The van der Waals surface area contributed by atoms with Crippen molar-refractivity contribution in [1.29, 1.82) is 0 Å². The van der Waals surface area contributed by atoms with E-state index in [-0.39, 0.29) is 5.82 Å². The Hall–Kier alpha value is -1.46. The van der Waals surface area contributed by atoms with E-state index in [1.165, 1.54) is 23.9 Å². The third-order valence-electron chi connectivity index (χ3n) is 2.41. The predicted molar refractivity (Wildman–Crippen MR) is 69.9 cm³/mol. The van der Waals surface area contributed by atoms with Gasteiger partial charge < -0.3 is 5.73 Å². The first-order valence-electron chi connectivity index (χ1n) is 5.57. The van der Waals surface area contributed by atoms with Crippen LogP contribution in [0.4, 0.5) is 4.39 Å². The standard InChI is InChI=1S/C13H14FN3S/c1-8-5-9(2)17-13(16-8)18-12-4-3-11(14)6-10(12)7-15/h3-6H,7,15H2,1-2H3. The molecule has 0 aliphatic rings. The molecule has 0 unspecified atom stereocenters. The molecular weight excluding hydrogens is 249 g/mol. The summed E-state index contributed by atoms with van der Waals surface area (Å²) in [7, 11) is 0. The van der Waals surface area contributed by atoms with Crippen LogP contribution in [0.2, 0.25) is 0 Å². The summed E-state index contributed by atoms with van der Waals surface area (Å²) in [5, 5.41) is 0.661. The highest BCUT2D eigenvalue weighted by atomic mass is 32.2. The van der Waals surface area contributed by atoms with Gasteiger partial charge in [-0.1, -0.05) is 0 Å². The summed E-state index contributed by atoms with van der Waals surface area (Å²) in [5.41, 5.74) is 8.21. The molecule has 0 saturated carbocycles. The van der Waals surface area contributed by atoms with Gasteiger partial charge >= 0.3 is 0 Å². The first-order valence-corrected chi connectivity index (χ1v) is 6.39. The van der Waals surface area contributed by atoms with E-state index in [9.17, 15) is 4.39 Å². The second kappa shape index (κ2) is 5.46. The average Bonchev–Trinajstić information content (AvgIpc) is 2.30. The van der Waals surface area contributed by atoms with Crippen LogP contribution >= 0.6 is 11.8 Å². The van der Waals surface area contributed by atoms with Crippen LogP contribution in [0.5, 0.6) is 0 Å². The van der Waals surface area contributed by atoms with Gasteiger partial charge in [-0.05, 0) is 55.4 Å². The van der Waals surface area contributed by atoms with Gasteiger partial charge in [-0.25, -0.2) is 14.4 Å². The molecular formula is C13H14FN3S. The number of aryl methyl sites for hydroxylation is 2. The monoisotopic (exact) mass is 263 g/mol. The molecule has 1 aromatic heterocycles. The molecule has 0 aliphatic carbocycles. The minimum Gasteiger partial charge on any atom is -0.326 e. The molecule has 0 amide bonds. The summed E-state index contributed by atoms with van der Waals surface area (Å²) in [4.78, 5) is 9.58. The van der Waals surface area contributed by atoms with Crippen LogP contribution in [0.25, 0.3) is 0 Å². The fourth-order valence-corrected chi connectivity index (χ4v) is 2.63.